The van der Waals surface area contributed by atoms with E-state index < -0.39 is 10.0 Å². The van der Waals surface area contributed by atoms with E-state index in [1.165, 1.54) is 16.8 Å². The first-order valence-corrected chi connectivity index (χ1v) is 8.70. The number of sulfonamides is 1. The molecule has 1 aromatic heterocycles. The van der Waals surface area contributed by atoms with Crippen LogP contribution in [0.15, 0.2) is 17.6 Å². The third-order valence-electron chi connectivity index (χ3n) is 4.75. The molecule has 8 nitrogen and oxygen atoms in total. The van der Waals surface area contributed by atoms with Crippen molar-refractivity contribution in [1.82, 2.24) is 24.1 Å². The van der Waals surface area contributed by atoms with Crippen LogP contribution in [0, 0.1) is 5.92 Å². The third kappa shape index (κ3) is 2.33. The fourth-order valence-electron chi connectivity index (χ4n) is 3.50. The second-order valence-electron chi connectivity index (χ2n) is 6.06. The lowest BCUT2D eigenvalue weighted by Gasteiger charge is -2.25. The molecule has 0 spiro atoms. The number of imidazole rings is 1. The molecular formula is C13H21N5O3S. The number of aryl methyl sites for hydroxylation is 1. The van der Waals surface area contributed by atoms with Crippen LogP contribution in [-0.4, -0.2) is 72.3 Å². The lowest BCUT2D eigenvalue weighted by atomic mass is 10.0. The zero-order valence-corrected chi connectivity index (χ0v) is 13.7. The summed E-state index contributed by atoms with van der Waals surface area (Å²) in [5, 5.41) is 2.76. The van der Waals surface area contributed by atoms with Gasteiger partial charge in [-0.1, -0.05) is 0 Å². The van der Waals surface area contributed by atoms with Crippen LogP contribution < -0.4 is 5.32 Å². The highest BCUT2D eigenvalue weighted by Crippen LogP contribution is 2.36. The van der Waals surface area contributed by atoms with Gasteiger partial charge in [-0.25, -0.2) is 13.4 Å². The molecule has 9 heteroatoms. The van der Waals surface area contributed by atoms with Crippen molar-refractivity contribution >= 4 is 15.9 Å². The zero-order valence-electron chi connectivity index (χ0n) is 12.9. The van der Waals surface area contributed by atoms with E-state index >= 15 is 0 Å². The Morgan fingerprint density at radius 3 is 2.64 bits per heavy atom. The first kappa shape index (κ1) is 15.4. The average Bonchev–Trinajstić information content (AvgIpc) is 3.15. The lowest BCUT2D eigenvalue weighted by Crippen LogP contribution is -2.45. The summed E-state index contributed by atoms with van der Waals surface area (Å²) in [4.78, 5) is 17.8. The predicted molar refractivity (Wildman–Crippen MR) is 79.5 cm³/mol. The quantitative estimate of drug-likeness (QED) is 0.758. The van der Waals surface area contributed by atoms with Gasteiger partial charge in [0.05, 0.1) is 12.4 Å². The molecule has 1 amide bonds. The molecule has 1 aromatic rings. The van der Waals surface area contributed by atoms with Crippen molar-refractivity contribution < 1.29 is 13.2 Å². The van der Waals surface area contributed by atoms with Gasteiger partial charge in [0.25, 0.3) is 10.0 Å². The molecule has 0 aliphatic carbocycles. The minimum absolute atomic E-state index is 0.00367. The first-order chi connectivity index (χ1) is 10.3. The van der Waals surface area contributed by atoms with Crippen molar-refractivity contribution in [2.45, 2.75) is 23.5 Å². The van der Waals surface area contributed by atoms with Crippen molar-refractivity contribution in [1.29, 1.82) is 0 Å². The van der Waals surface area contributed by atoms with Gasteiger partial charge in [0.1, 0.15) is 0 Å². The number of aromatic nitrogens is 2. The number of hydrogen-bond acceptors (Lipinski definition) is 5. The largest absolute Gasteiger partial charge is 0.358 e. The molecule has 2 fully saturated rings. The molecule has 2 saturated heterocycles. The number of amides is 1. The molecule has 2 aliphatic rings. The van der Waals surface area contributed by atoms with Crippen molar-refractivity contribution in [2.24, 2.45) is 13.0 Å². The minimum Gasteiger partial charge on any atom is -0.358 e. The molecule has 0 bridgehead atoms. The van der Waals surface area contributed by atoms with Crippen LogP contribution in [0.5, 0.6) is 0 Å². The fraction of sp³-hybridized carbons (Fsp3) is 0.692. The summed E-state index contributed by atoms with van der Waals surface area (Å²) < 4.78 is 28.3. The summed E-state index contributed by atoms with van der Waals surface area (Å²) in [6.07, 6.45) is 3.69. The molecule has 2 aliphatic heterocycles. The molecule has 0 aromatic carbocycles. The van der Waals surface area contributed by atoms with Gasteiger partial charge in [0.2, 0.25) is 5.91 Å². The number of likely N-dealkylation sites (tertiary alicyclic amines) is 1. The second kappa shape index (κ2) is 5.32. The molecule has 122 valence electrons. The summed E-state index contributed by atoms with van der Waals surface area (Å²) in [6, 6.07) is -0.0829. The number of fused-ring (bicyclic) bond motifs is 1. The van der Waals surface area contributed by atoms with Crippen molar-refractivity contribution in [3.63, 3.8) is 0 Å². The van der Waals surface area contributed by atoms with E-state index in [1.807, 2.05) is 11.9 Å². The Bertz CT molecular complexity index is 686. The Morgan fingerprint density at radius 2 is 2.09 bits per heavy atom. The Labute approximate surface area is 130 Å². The van der Waals surface area contributed by atoms with Gasteiger partial charge in [0, 0.05) is 39.4 Å². The van der Waals surface area contributed by atoms with Gasteiger partial charge in [-0.3, -0.25) is 9.69 Å². The normalized spacial score (nSPS) is 29.7. The topological polar surface area (TPSA) is 87.5 Å². The van der Waals surface area contributed by atoms with E-state index in [2.05, 4.69) is 10.3 Å². The number of likely N-dealkylation sites (N-methyl/N-ethyl adjacent to an activating group) is 2. The third-order valence-corrected chi connectivity index (χ3v) is 6.47. The molecular weight excluding hydrogens is 306 g/mol. The van der Waals surface area contributed by atoms with Crippen LogP contribution in [0.3, 0.4) is 0 Å². The number of carbonyl (C=O) groups is 1. The van der Waals surface area contributed by atoms with Gasteiger partial charge >= 0.3 is 0 Å². The SMILES string of the molecule is CNC(=O)[C@H]1C[C@@H]2CN(S(=O)(=O)c3cn(C)cn3)C[C@@H]2N1C. The van der Waals surface area contributed by atoms with Crippen LogP contribution in [0.25, 0.3) is 0 Å². The van der Waals surface area contributed by atoms with E-state index in [1.54, 1.807) is 18.7 Å². The highest BCUT2D eigenvalue weighted by atomic mass is 32.2. The lowest BCUT2D eigenvalue weighted by molar-refractivity contribution is -0.125. The summed E-state index contributed by atoms with van der Waals surface area (Å²) in [5.74, 6) is 0.182. The Hall–Kier alpha value is -1.45. The number of hydrogen-bond donors (Lipinski definition) is 1. The molecule has 3 heterocycles. The van der Waals surface area contributed by atoms with Gasteiger partial charge < -0.3 is 9.88 Å². The summed E-state index contributed by atoms with van der Waals surface area (Å²) in [5.41, 5.74) is 0. The highest BCUT2D eigenvalue weighted by Gasteiger charge is 2.49. The smallest absolute Gasteiger partial charge is 0.262 e. The Kier molecular flexibility index (Phi) is 3.74. The van der Waals surface area contributed by atoms with E-state index in [-0.39, 0.29) is 28.9 Å². The summed E-state index contributed by atoms with van der Waals surface area (Å²) >= 11 is 0. The molecule has 0 unspecified atom stereocenters. The maximum absolute atomic E-state index is 12.6. The van der Waals surface area contributed by atoms with Crippen LogP contribution >= 0.6 is 0 Å². The average molecular weight is 327 g/mol. The van der Waals surface area contributed by atoms with Crippen LogP contribution in [0.1, 0.15) is 6.42 Å². The molecule has 1 N–H and O–H groups in total. The predicted octanol–water partition coefficient (Wildman–Crippen LogP) is -1.14. The number of nitrogens with one attached hydrogen (secondary N) is 1. The molecule has 3 rings (SSSR count). The zero-order chi connectivity index (χ0) is 16.1. The second-order valence-corrected chi connectivity index (χ2v) is 7.94. The van der Waals surface area contributed by atoms with E-state index in [9.17, 15) is 13.2 Å². The number of rotatable bonds is 3. The molecule has 22 heavy (non-hydrogen) atoms. The standard InChI is InChI=1S/C13H21N5O3S/c1-14-13(19)10-4-9-5-18(6-11(9)17(10)3)22(20,21)12-7-16(2)8-15-12/h7-11H,4-6H2,1-3H3,(H,14,19)/t9-,10-,11+/m1/s1. The van der Waals surface area contributed by atoms with E-state index in [0.717, 1.165) is 0 Å². The Morgan fingerprint density at radius 1 is 1.36 bits per heavy atom. The molecule has 0 saturated carbocycles. The van der Waals surface area contributed by atoms with Gasteiger partial charge in [-0.05, 0) is 19.4 Å². The van der Waals surface area contributed by atoms with Crippen molar-refractivity contribution in [3.05, 3.63) is 12.5 Å². The van der Waals surface area contributed by atoms with Crippen molar-refractivity contribution in [3.8, 4) is 0 Å². The Balaban J connectivity index is 1.77. The maximum atomic E-state index is 12.6. The summed E-state index contributed by atoms with van der Waals surface area (Å²) in [7, 11) is 1.71. The van der Waals surface area contributed by atoms with Crippen LogP contribution in [-0.2, 0) is 21.9 Å². The molecule has 0 radical (unpaired) electrons. The van der Waals surface area contributed by atoms with Crippen LogP contribution in [0.2, 0.25) is 0 Å². The van der Waals surface area contributed by atoms with Crippen molar-refractivity contribution in [2.75, 3.05) is 27.2 Å². The molecule has 3 atom stereocenters. The number of nitrogens with zero attached hydrogens (tertiary/aromatic N) is 4. The van der Waals surface area contributed by atoms with Gasteiger partial charge in [-0.15, -0.1) is 0 Å². The summed E-state index contributed by atoms with van der Waals surface area (Å²) in [6.45, 7) is 0.856. The first-order valence-electron chi connectivity index (χ1n) is 7.26. The minimum atomic E-state index is -3.55. The number of carbonyl (C=O) groups excluding carboxylic acids is 1. The maximum Gasteiger partial charge on any atom is 0.262 e. The van der Waals surface area contributed by atoms with E-state index in [0.29, 0.717) is 19.5 Å². The highest BCUT2D eigenvalue weighted by molar-refractivity contribution is 7.89. The van der Waals surface area contributed by atoms with Gasteiger partial charge in [0.15, 0.2) is 5.03 Å². The fourth-order valence-corrected chi connectivity index (χ4v) is 4.98. The monoisotopic (exact) mass is 327 g/mol. The van der Waals surface area contributed by atoms with Gasteiger partial charge in [-0.2, -0.15) is 4.31 Å². The van der Waals surface area contributed by atoms with Crippen LogP contribution in [0.4, 0.5) is 0 Å². The van der Waals surface area contributed by atoms with E-state index in [4.69, 9.17) is 0 Å².